The van der Waals surface area contributed by atoms with Gasteiger partial charge in [-0.3, -0.25) is 4.79 Å². The van der Waals surface area contributed by atoms with Crippen molar-refractivity contribution in [3.63, 3.8) is 0 Å². The lowest BCUT2D eigenvalue weighted by Gasteiger charge is -2.05. The Balaban J connectivity index is 2.91. The summed E-state index contributed by atoms with van der Waals surface area (Å²) in [6.07, 6.45) is 5.04. The van der Waals surface area contributed by atoms with E-state index in [9.17, 15) is 4.79 Å². The van der Waals surface area contributed by atoms with Crippen molar-refractivity contribution in [1.82, 2.24) is 15.0 Å². The average Bonchev–Trinajstić information content (AvgIpc) is 2.28. The van der Waals surface area contributed by atoms with Crippen molar-refractivity contribution in [2.45, 2.75) is 13.8 Å². The summed E-state index contributed by atoms with van der Waals surface area (Å²) in [5.74, 6) is 0.170. The molecule has 0 amide bonds. The molecule has 82 valence electrons. The first kappa shape index (κ1) is 10.4. The van der Waals surface area contributed by atoms with E-state index < -0.39 is 0 Å². The Labute approximate surface area is 92.0 Å². The van der Waals surface area contributed by atoms with Gasteiger partial charge in [0.2, 0.25) is 5.95 Å². The molecular formula is C11H12N4O. The van der Waals surface area contributed by atoms with Crippen LogP contribution in [0.3, 0.4) is 0 Å². The predicted molar refractivity (Wildman–Crippen MR) is 63.9 cm³/mol. The molecule has 0 aromatic carbocycles. The Morgan fingerprint density at radius 3 is 3.00 bits per heavy atom. The fourth-order valence-corrected chi connectivity index (χ4v) is 1.51. The average molecular weight is 216 g/mol. The van der Waals surface area contributed by atoms with E-state index in [1.165, 1.54) is 6.20 Å². The number of fused-ring (bicyclic) bond motifs is 1. The number of pyridine rings is 1. The minimum absolute atomic E-state index is 0.170. The molecule has 2 rings (SSSR count). The van der Waals surface area contributed by atoms with E-state index in [1.54, 1.807) is 6.20 Å². The minimum Gasteiger partial charge on any atom is -0.368 e. The number of aromatic amines is 1. The maximum absolute atomic E-state index is 11.6. The lowest BCUT2D eigenvalue weighted by molar-refractivity contribution is 1.19. The van der Waals surface area contributed by atoms with Crippen molar-refractivity contribution in [3.8, 4) is 0 Å². The highest BCUT2D eigenvalue weighted by Crippen LogP contribution is 2.19. The topological polar surface area (TPSA) is 84.7 Å². The monoisotopic (exact) mass is 216 g/mol. The third-order valence-electron chi connectivity index (χ3n) is 2.51. The lowest BCUT2D eigenvalue weighted by atomic mass is 10.1. The van der Waals surface area contributed by atoms with Crippen LogP contribution in [0.2, 0.25) is 0 Å². The highest BCUT2D eigenvalue weighted by molar-refractivity contribution is 5.89. The van der Waals surface area contributed by atoms with Gasteiger partial charge < -0.3 is 10.7 Å². The van der Waals surface area contributed by atoms with Crippen LogP contribution in [0.1, 0.15) is 19.4 Å². The number of nitrogen functional groups attached to an aromatic ring is 1. The summed E-state index contributed by atoms with van der Waals surface area (Å²) in [7, 11) is 0. The zero-order valence-corrected chi connectivity index (χ0v) is 9.11. The second kappa shape index (κ2) is 3.77. The summed E-state index contributed by atoms with van der Waals surface area (Å²) in [6.45, 7) is 3.88. The quantitative estimate of drug-likeness (QED) is 0.753. The van der Waals surface area contributed by atoms with Gasteiger partial charge in [0.25, 0.3) is 5.56 Å². The smallest absolute Gasteiger partial charge is 0.259 e. The summed E-state index contributed by atoms with van der Waals surface area (Å²) in [5, 5.41) is 0.452. The van der Waals surface area contributed by atoms with Crippen LogP contribution in [0, 0.1) is 0 Å². The molecule has 5 heteroatoms. The molecule has 0 fully saturated rings. The van der Waals surface area contributed by atoms with Crippen molar-refractivity contribution >= 4 is 22.4 Å². The van der Waals surface area contributed by atoms with Crippen molar-refractivity contribution < 1.29 is 0 Å². The summed E-state index contributed by atoms with van der Waals surface area (Å²) in [6, 6.07) is 0. The number of aromatic nitrogens is 3. The molecule has 0 aliphatic carbocycles. The molecule has 2 heterocycles. The van der Waals surface area contributed by atoms with E-state index in [-0.39, 0.29) is 11.5 Å². The van der Waals surface area contributed by atoms with E-state index in [2.05, 4.69) is 15.0 Å². The number of nitrogens with zero attached hydrogens (tertiary/aromatic N) is 2. The van der Waals surface area contributed by atoms with Crippen LogP contribution in [0.5, 0.6) is 0 Å². The Hall–Kier alpha value is -2.17. The van der Waals surface area contributed by atoms with Crippen molar-refractivity contribution in [2.75, 3.05) is 5.73 Å². The zero-order valence-electron chi connectivity index (χ0n) is 9.11. The fourth-order valence-electron chi connectivity index (χ4n) is 1.51. The fraction of sp³-hybridized carbons (Fsp3) is 0.182. The molecule has 2 aromatic rings. The number of hydrogen-bond acceptors (Lipinski definition) is 4. The molecule has 16 heavy (non-hydrogen) atoms. The standard InChI is InChI=1S/C11H12N4O/c1-3-6(2)7-4-13-10(16)8-5-14-11(12)15-9(7)8/h3-5H,1-2H3,(H,13,16)(H2,12,14,15)/b6-3+. The van der Waals surface area contributed by atoms with Crippen LogP contribution >= 0.6 is 0 Å². The summed E-state index contributed by atoms with van der Waals surface area (Å²) in [4.78, 5) is 22.2. The van der Waals surface area contributed by atoms with Gasteiger partial charge >= 0.3 is 0 Å². The largest absolute Gasteiger partial charge is 0.368 e. The van der Waals surface area contributed by atoms with Crippen LogP contribution in [-0.4, -0.2) is 15.0 Å². The van der Waals surface area contributed by atoms with Gasteiger partial charge in [0.1, 0.15) is 0 Å². The first-order valence-corrected chi connectivity index (χ1v) is 4.90. The second-order valence-corrected chi connectivity index (χ2v) is 3.49. The third kappa shape index (κ3) is 1.56. The number of nitrogens with two attached hydrogens (primary N) is 1. The zero-order chi connectivity index (χ0) is 11.7. The van der Waals surface area contributed by atoms with Gasteiger partial charge in [-0.1, -0.05) is 6.08 Å². The molecule has 0 spiro atoms. The lowest BCUT2D eigenvalue weighted by Crippen LogP contribution is -2.09. The van der Waals surface area contributed by atoms with E-state index in [0.717, 1.165) is 11.1 Å². The van der Waals surface area contributed by atoms with E-state index in [4.69, 9.17) is 5.73 Å². The molecule has 3 N–H and O–H groups in total. The van der Waals surface area contributed by atoms with Crippen molar-refractivity contribution in [3.05, 3.63) is 34.4 Å². The van der Waals surface area contributed by atoms with Crippen LogP contribution in [0.15, 0.2) is 23.3 Å². The van der Waals surface area contributed by atoms with Crippen molar-refractivity contribution in [2.24, 2.45) is 0 Å². The van der Waals surface area contributed by atoms with E-state index in [1.807, 2.05) is 19.9 Å². The minimum atomic E-state index is -0.206. The Morgan fingerprint density at radius 1 is 1.56 bits per heavy atom. The molecule has 5 nitrogen and oxygen atoms in total. The molecule has 0 saturated heterocycles. The number of H-pyrrole nitrogens is 1. The van der Waals surface area contributed by atoms with Gasteiger partial charge in [-0.25, -0.2) is 9.97 Å². The number of allylic oxidation sites excluding steroid dienone is 2. The molecule has 2 aromatic heterocycles. The molecular weight excluding hydrogens is 204 g/mol. The first-order chi connectivity index (χ1) is 7.63. The highest BCUT2D eigenvalue weighted by Gasteiger charge is 2.08. The number of rotatable bonds is 1. The van der Waals surface area contributed by atoms with Crippen molar-refractivity contribution in [1.29, 1.82) is 0 Å². The van der Waals surface area contributed by atoms with Gasteiger partial charge in [0, 0.05) is 18.0 Å². The molecule has 0 unspecified atom stereocenters. The second-order valence-electron chi connectivity index (χ2n) is 3.49. The molecule has 0 atom stereocenters. The predicted octanol–water partition coefficient (Wildman–Crippen LogP) is 1.32. The Morgan fingerprint density at radius 2 is 2.31 bits per heavy atom. The Bertz CT molecular complexity index is 627. The molecule has 0 radical (unpaired) electrons. The van der Waals surface area contributed by atoms with Gasteiger partial charge in [0.05, 0.1) is 10.9 Å². The van der Waals surface area contributed by atoms with Gasteiger partial charge in [-0.2, -0.15) is 0 Å². The number of nitrogens with one attached hydrogen (secondary N) is 1. The Kier molecular flexibility index (Phi) is 2.44. The summed E-state index contributed by atoms with van der Waals surface area (Å²) >= 11 is 0. The normalized spacial score (nSPS) is 12.0. The van der Waals surface area contributed by atoms with Crippen LogP contribution in [-0.2, 0) is 0 Å². The first-order valence-electron chi connectivity index (χ1n) is 4.90. The number of hydrogen-bond donors (Lipinski definition) is 2. The van der Waals surface area contributed by atoms with Crippen LogP contribution in [0.4, 0.5) is 5.95 Å². The molecule has 0 aliphatic rings. The molecule has 0 saturated carbocycles. The SMILES string of the molecule is C/C=C(\C)c1c[nH]c(=O)c2cnc(N)nc12. The molecule has 0 aliphatic heterocycles. The third-order valence-corrected chi connectivity index (χ3v) is 2.51. The van der Waals surface area contributed by atoms with Gasteiger partial charge in [-0.15, -0.1) is 0 Å². The number of anilines is 1. The van der Waals surface area contributed by atoms with E-state index >= 15 is 0 Å². The van der Waals surface area contributed by atoms with Crippen LogP contribution < -0.4 is 11.3 Å². The van der Waals surface area contributed by atoms with Crippen LogP contribution in [0.25, 0.3) is 16.5 Å². The maximum Gasteiger partial charge on any atom is 0.259 e. The molecule has 0 bridgehead atoms. The highest BCUT2D eigenvalue weighted by atomic mass is 16.1. The van der Waals surface area contributed by atoms with Gasteiger partial charge in [0.15, 0.2) is 0 Å². The van der Waals surface area contributed by atoms with E-state index in [0.29, 0.717) is 10.9 Å². The van der Waals surface area contributed by atoms with Gasteiger partial charge in [-0.05, 0) is 19.4 Å². The summed E-state index contributed by atoms with van der Waals surface area (Å²) in [5.41, 5.74) is 7.81. The summed E-state index contributed by atoms with van der Waals surface area (Å²) < 4.78 is 0. The maximum atomic E-state index is 11.6.